The Bertz CT molecular complexity index is 401. The van der Waals surface area contributed by atoms with E-state index in [2.05, 4.69) is 27.0 Å². The van der Waals surface area contributed by atoms with Crippen molar-refractivity contribution in [2.24, 2.45) is 5.73 Å². The van der Waals surface area contributed by atoms with Gasteiger partial charge < -0.3 is 20.1 Å². The molecule has 100 valence electrons. The molecule has 0 radical (unpaired) electrons. The summed E-state index contributed by atoms with van der Waals surface area (Å²) in [5.74, 6) is 1.48. The van der Waals surface area contributed by atoms with Gasteiger partial charge in [-0.2, -0.15) is 4.98 Å². The molecule has 1 aliphatic carbocycles. The predicted octanol–water partition coefficient (Wildman–Crippen LogP) is 0.202. The summed E-state index contributed by atoms with van der Waals surface area (Å²) in [6.07, 6.45) is 3.37. The van der Waals surface area contributed by atoms with E-state index >= 15 is 0 Å². The molecule has 2 aliphatic rings. The van der Waals surface area contributed by atoms with E-state index in [9.17, 15) is 0 Å². The fraction of sp³-hybridized carbons (Fsp3) is 0.833. The molecule has 6 nitrogen and oxygen atoms in total. The molecule has 0 atom stereocenters. The maximum atomic E-state index is 5.86. The van der Waals surface area contributed by atoms with Crippen molar-refractivity contribution in [3.63, 3.8) is 0 Å². The second-order valence-electron chi connectivity index (χ2n) is 5.53. The Kier molecular flexibility index (Phi) is 2.99. The average molecular weight is 251 g/mol. The van der Waals surface area contributed by atoms with Gasteiger partial charge in [0.1, 0.15) is 0 Å². The van der Waals surface area contributed by atoms with Gasteiger partial charge in [0.05, 0.1) is 5.41 Å². The summed E-state index contributed by atoms with van der Waals surface area (Å²) in [6.45, 7) is 4.63. The monoisotopic (exact) mass is 251 g/mol. The third-order valence-corrected chi connectivity index (χ3v) is 4.36. The van der Waals surface area contributed by atoms with Gasteiger partial charge in [-0.25, -0.2) is 0 Å². The van der Waals surface area contributed by atoms with Crippen molar-refractivity contribution in [3.05, 3.63) is 5.89 Å². The van der Waals surface area contributed by atoms with Crippen LogP contribution in [-0.2, 0) is 5.41 Å². The summed E-state index contributed by atoms with van der Waals surface area (Å²) in [5.41, 5.74) is 5.83. The maximum absolute atomic E-state index is 5.86. The molecule has 0 unspecified atom stereocenters. The van der Waals surface area contributed by atoms with Crippen molar-refractivity contribution in [2.45, 2.75) is 24.7 Å². The molecule has 18 heavy (non-hydrogen) atoms. The van der Waals surface area contributed by atoms with Crippen LogP contribution >= 0.6 is 0 Å². The number of hydrogen-bond donors (Lipinski definition) is 1. The van der Waals surface area contributed by atoms with E-state index in [4.69, 9.17) is 10.3 Å². The number of anilines is 1. The highest BCUT2D eigenvalue weighted by atomic mass is 16.5. The largest absolute Gasteiger partial charge is 0.337 e. The van der Waals surface area contributed by atoms with Crippen LogP contribution in [0.15, 0.2) is 4.52 Å². The maximum Gasteiger partial charge on any atom is 0.266 e. The molecule has 1 aromatic rings. The van der Waals surface area contributed by atoms with Crippen LogP contribution in [0.2, 0.25) is 0 Å². The molecule has 2 heterocycles. The van der Waals surface area contributed by atoms with Crippen molar-refractivity contribution in [1.82, 2.24) is 15.0 Å². The van der Waals surface area contributed by atoms with Gasteiger partial charge in [0.15, 0.2) is 0 Å². The lowest BCUT2D eigenvalue weighted by Crippen LogP contribution is -2.45. The second kappa shape index (κ2) is 4.51. The first-order valence-electron chi connectivity index (χ1n) is 6.71. The van der Waals surface area contributed by atoms with Gasteiger partial charge in [-0.05, 0) is 25.0 Å². The van der Waals surface area contributed by atoms with Crippen molar-refractivity contribution < 1.29 is 4.52 Å². The van der Waals surface area contributed by atoms with Gasteiger partial charge in [0.2, 0.25) is 5.89 Å². The Labute approximate surface area is 107 Å². The molecule has 0 aromatic carbocycles. The van der Waals surface area contributed by atoms with E-state index in [1.54, 1.807) is 0 Å². The molecule has 2 N–H and O–H groups in total. The van der Waals surface area contributed by atoms with E-state index in [0.29, 0.717) is 6.54 Å². The van der Waals surface area contributed by atoms with Gasteiger partial charge in [-0.1, -0.05) is 6.42 Å². The van der Waals surface area contributed by atoms with Crippen LogP contribution in [0.5, 0.6) is 0 Å². The number of hydrogen-bond acceptors (Lipinski definition) is 6. The van der Waals surface area contributed by atoms with Crippen molar-refractivity contribution in [1.29, 1.82) is 0 Å². The molecule has 3 rings (SSSR count). The predicted molar refractivity (Wildman–Crippen MR) is 68.6 cm³/mol. The van der Waals surface area contributed by atoms with Crippen LogP contribution in [0, 0.1) is 0 Å². The summed E-state index contributed by atoms with van der Waals surface area (Å²) in [6, 6.07) is 0. The highest BCUT2D eigenvalue weighted by Gasteiger charge is 2.42. The van der Waals surface area contributed by atoms with Gasteiger partial charge in [-0.15, -0.1) is 0 Å². The Morgan fingerprint density at radius 3 is 2.56 bits per heavy atom. The Morgan fingerprint density at radius 1 is 1.28 bits per heavy atom. The first kappa shape index (κ1) is 11.9. The summed E-state index contributed by atoms with van der Waals surface area (Å²) in [7, 11) is 2.14. The SMILES string of the molecule is CN1CCN(c2noc(C3(CN)CCC3)n2)CC1. The van der Waals surface area contributed by atoms with Crippen molar-refractivity contribution in [3.8, 4) is 0 Å². The quantitative estimate of drug-likeness (QED) is 0.827. The topological polar surface area (TPSA) is 71.4 Å². The number of likely N-dealkylation sites (N-methyl/N-ethyl adjacent to an activating group) is 1. The Morgan fingerprint density at radius 2 is 2.00 bits per heavy atom. The van der Waals surface area contributed by atoms with E-state index in [1.807, 2.05) is 0 Å². The van der Waals surface area contributed by atoms with Crippen LogP contribution in [-0.4, -0.2) is 54.8 Å². The lowest BCUT2D eigenvalue weighted by atomic mass is 9.69. The second-order valence-corrected chi connectivity index (χ2v) is 5.53. The van der Waals surface area contributed by atoms with Crippen LogP contribution in [0.3, 0.4) is 0 Å². The summed E-state index contributed by atoms with van der Waals surface area (Å²) in [4.78, 5) is 9.07. The number of rotatable bonds is 3. The zero-order valence-electron chi connectivity index (χ0n) is 10.9. The highest BCUT2D eigenvalue weighted by Crippen LogP contribution is 2.42. The minimum atomic E-state index is -0.0299. The summed E-state index contributed by atoms with van der Waals surface area (Å²) in [5, 5.41) is 4.13. The van der Waals surface area contributed by atoms with Gasteiger partial charge in [0, 0.05) is 32.7 Å². The third kappa shape index (κ3) is 1.89. The average Bonchev–Trinajstić information content (AvgIpc) is 2.79. The van der Waals surface area contributed by atoms with Crippen LogP contribution in [0.25, 0.3) is 0 Å². The molecule has 1 saturated carbocycles. The molecule has 2 fully saturated rings. The molecule has 0 spiro atoms. The van der Waals surface area contributed by atoms with Gasteiger partial charge >= 0.3 is 0 Å². The van der Waals surface area contributed by atoms with Crippen molar-refractivity contribution in [2.75, 3.05) is 44.7 Å². The normalized spacial score (nSPS) is 24.0. The van der Waals surface area contributed by atoms with E-state index < -0.39 is 0 Å². The fourth-order valence-electron chi connectivity index (χ4n) is 2.67. The first-order valence-corrected chi connectivity index (χ1v) is 6.71. The molecule has 0 amide bonds. The zero-order chi connectivity index (χ0) is 12.6. The fourth-order valence-corrected chi connectivity index (χ4v) is 2.67. The highest BCUT2D eigenvalue weighted by molar-refractivity contribution is 5.30. The van der Waals surface area contributed by atoms with E-state index in [1.165, 1.54) is 6.42 Å². The minimum Gasteiger partial charge on any atom is -0.337 e. The number of piperazine rings is 1. The summed E-state index contributed by atoms with van der Waals surface area (Å²) < 4.78 is 5.45. The minimum absolute atomic E-state index is 0.0299. The Hall–Kier alpha value is -1.14. The lowest BCUT2D eigenvalue weighted by Gasteiger charge is -2.37. The molecular weight excluding hydrogens is 230 g/mol. The smallest absolute Gasteiger partial charge is 0.266 e. The van der Waals surface area contributed by atoms with Gasteiger partial charge in [-0.3, -0.25) is 0 Å². The number of nitrogens with two attached hydrogens (primary N) is 1. The van der Waals surface area contributed by atoms with Crippen LogP contribution < -0.4 is 10.6 Å². The van der Waals surface area contributed by atoms with Crippen LogP contribution in [0.4, 0.5) is 5.95 Å². The number of aromatic nitrogens is 2. The first-order chi connectivity index (χ1) is 8.73. The zero-order valence-corrected chi connectivity index (χ0v) is 10.9. The third-order valence-electron chi connectivity index (χ3n) is 4.36. The van der Waals surface area contributed by atoms with E-state index in [-0.39, 0.29) is 5.41 Å². The molecule has 0 bridgehead atoms. The molecular formula is C12H21N5O. The molecule has 1 aromatic heterocycles. The van der Waals surface area contributed by atoms with Gasteiger partial charge in [0.25, 0.3) is 5.95 Å². The molecule has 1 aliphatic heterocycles. The lowest BCUT2D eigenvalue weighted by molar-refractivity contribution is 0.182. The summed E-state index contributed by atoms with van der Waals surface area (Å²) >= 11 is 0. The van der Waals surface area contributed by atoms with Crippen molar-refractivity contribution >= 4 is 5.95 Å². The van der Waals surface area contributed by atoms with Crippen LogP contribution in [0.1, 0.15) is 25.2 Å². The van der Waals surface area contributed by atoms with E-state index in [0.717, 1.165) is 50.9 Å². The number of nitrogens with zero attached hydrogens (tertiary/aromatic N) is 4. The Balaban J connectivity index is 1.73. The molecule has 1 saturated heterocycles. The molecule has 6 heteroatoms. The standard InChI is InChI=1S/C12H21N5O/c1-16-5-7-17(8-6-16)11-14-10(18-15-11)12(9-13)3-2-4-12/h2-9,13H2,1H3.